The van der Waals surface area contributed by atoms with Crippen LogP contribution in [-0.4, -0.2) is 22.4 Å². The van der Waals surface area contributed by atoms with Crippen LogP contribution in [0.3, 0.4) is 0 Å². The zero-order valence-electron chi connectivity index (χ0n) is 10.2. The maximum Gasteiger partial charge on any atom is 0.573 e. The van der Waals surface area contributed by atoms with Crippen molar-refractivity contribution in [3.8, 4) is 16.9 Å². The quantitative estimate of drug-likeness (QED) is 0.696. The molecule has 2 aromatic rings. The number of ether oxygens (including phenoxy) is 1. The van der Waals surface area contributed by atoms with Gasteiger partial charge in [0.2, 0.25) is 5.95 Å². The first-order valence-corrected chi connectivity index (χ1v) is 5.52. The first-order chi connectivity index (χ1) is 9.76. The highest BCUT2D eigenvalue weighted by atomic mass is 19.4. The average Bonchev–Trinajstić information content (AvgIpc) is 2.38. The Hall–Kier alpha value is -2.64. The Morgan fingerprint density at radius 3 is 2.24 bits per heavy atom. The van der Waals surface area contributed by atoms with Gasteiger partial charge < -0.3 is 9.84 Å². The Morgan fingerprint density at radius 2 is 1.71 bits per heavy atom. The zero-order valence-corrected chi connectivity index (χ0v) is 10.2. The minimum absolute atomic E-state index is 0.0856. The lowest BCUT2D eigenvalue weighted by atomic mass is 10.0. The maximum absolute atomic E-state index is 13.0. The molecule has 4 nitrogen and oxygen atoms in total. The van der Waals surface area contributed by atoms with Gasteiger partial charge in [0.25, 0.3) is 0 Å². The minimum Gasteiger partial charge on any atom is -0.476 e. The fourth-order valence-corrected chi connectivity index (χ4v) is 1.67. The van der Waals surface area contributed by atoms with Crippen LogP contribution < -0.4 is 4.74 Å². The number of nitrogens with zero attached hydrogens (tertiary/aromatic N) is 1. The second-order valence-corrected chi connectivity index (χ2v) is 3.91. The third-order valence-corrected chi connectivity index (χ3v) is 2.46. The molecule has 0 aliphatic carbocycles. The minimum atomic E-state index is -4.81. The van der Waals surface area contributed by atoms with E-state index in [0.29, 0.717) is 0 Å². The number of rotatable bonds is 3. The number of hydrogen-bond donors (Lipinski definition) is 1. The van der Waals surface area contributed by atoms with Gasteiger partial charge in [-0.1, -0.05) is 12.1 Å². The molecule has 110 valence electrons. The Labute approximate surface area is 115 Å². The summed E-state index contributed by atoms with van der Waals surface area (Å²) in [5.74, 6) is -2.86. The monoisotopic (exact) mass is 301 g/mol. The van der Waals surface area contributed by atoms with Crippen molar-refractivity contribution in [2.75, 3.05) is 0 Å². The molecule has 0 radical (unpaired) electrons. The van der Waals surface area contributed by atoms with Gasteiger partial charge in [0.05, 0.1) is 0 Å². The van der Waals surface area contributed by atoms with Crippen molar-refractivity contribution in [3.63, 3.8) is 0 Å². The summed E-state index contributed by atoms with van der Waals surface area (Å²) in [5.41, 5.74) is -0.170. The fourth-order valence-electron chi connectivity index (χ4n) is 1.67. The van der Waals surface area contributed by atoms with Crippen molar-refractivity contribution in [1.29, 1.82) is 0 Å². The Kier molecular flexibility index (Phi) is 3.79. The van der Waals surface area contributed by atoms with Gasteiger partial charge in [-0.25, -0.2) is 9.78 Å². The molecular weight excluding hydrogens is 294 g/mol. The number of pyridine rings is 1. The molecule has 1 heterocycles. The summed E-state index contributed by atoms with van der Waals surface area (Å²) in [6.07, 6.45) is -4.81. The van der Waals surface area contributed by atoms with Gasteiger partial charge in [0.1, 0.15) is 5.75 Å². The molecule has 0 unspecified atom stereocenters. The molecule has 1 N–H and O–H groups in total. The number of aromatic carboxylic acids is 1. The van der Waals surface area contributed by atoms with Crippen LogP contribution >= 0.6 is 0 Å². The Balaban J connectivity index is 2.37. The summed E-state index contributed by atoms with van der Waals surface area (Å²) >= 11 is 0. The number of aromatic nitrogens is 1. The lowest BCUT2D eigenvalue weighted by Crippen LogP contribution is -2.16. The molecule has 8 heteroatoms. The molecule has 0 saturated carbocycles. The number of benzene rings is 1. The molecule has 0 aliphatic heterocycles. The lowest BCUT2D eigenvalue weighted by molar-refractivity contribution is -0.274. The van der Waals surface area contributed by atoms with Crippen LogP contribution in [0.1, 0.15) is 10.5 Å². The van der Waals surface area contributed by atoms with E-state index >= 15 is 0 Å². The van der Waals surface area contributed by atoms with Crippen LogP contribution in [0.25, 0.3) is 11.1 Å². The Bertz CT molecular complexity index is 668. The number of carboxylic acid groups (broad SMARTS) is 1. The van der Waals surface area contributed by atoms with Crippen molar-refractivity contribution in [3.05, 3.63) is 48.0 Å². The van der Waals surface area contributed by atoms with Crippen LogP contribution in [0.4, 0.5) is 17.6 Å². The topological polar surface area (TPSA) is 59.4 Å². The van der Waals surface area contributed by atoms with Crippen LogP contribution in [0.5, 0.6) is 5.75 Å². The van der Waals surface area contributed by atoms with E-state index < -0.39 is 29.7 Å². The van der Waals surface area contributed by atoms with Crippen molar-refractivity contribution < 1.29 is 32.2 Å². The van der Waals surface area contributed by atoms with Gasteiger partial charge in [-0.3, -0.25) is 0 Å². The second kappa shape index (κ2) is 5.39. The van der Waals surface area contributed by atoms with Gasteiger partial charge >= 0.3 is 12.3 Å². The molecule has 0 aliphatic rings. The van der Waals surface area contributed by atoms with E-state index in [1.54, 1.807) is 0 Å². The maximum atomic E-state index is 13.0. The molecule has 21 heavy (non-hydrogen) atoms. The van der Waals surface area contributed by atoms with E-state index in [4.69, 9.17) is 5.11 Å². The number of carboxylic acids is 1. The lowest BCUT2D eigenvalue weighted by Gasteiger charge is -2.10. The summed E-state index contributed by atoms with van der Waals surface area (Å²) in [5, 5.41) is 8.96. The largest absolute Gasteiger partial charge is 0.573 e. The summed E-state index contributed by atoms with van der Waals surface area (Å²) in [7, 11) is 0. The summed E-state index contributed by atoms with van der Waals surface area (Å²) < 4.78 is 52.7. The van der Waals surface area contributed by atoms with Crippen molar-refractivity contribution in [2.45, 2.75) is 6.36 Å². The summed E-state index contributed by atoms with van der Waals surface area (Å²) in [4.78, 5) is 14.3. The van der Waals surface area contributed by atoms with Crippen molar-refractivity contribution in [2.24, 2.45) is 0 Å². The summed E-state index contributed by atoms with van der Waals surface area (Å²) in [6, 6.07) is 6.65. The van der Waals surface area contributed by atoms with E-state index in [-0.39, 0.29) is 11.1 Å². The number of carbonyl (C=O) groups is 1. The van der Waals surface area contributed by atoms with Gasteiger partial charge in [-0.15, -0.1) is 13.2 Å². The third-order valence-electron chi connectivity index (χ3n) is 2.46. The predicted molar refractivity (Wildman–Crippen MR) is 63.3 cm³/mol. The zero-order chi connectivity index (χ0) is 15.6. The van der Waals surface area contributed by atoms with E-state index in [9.17, 15) is 22.4 Å². The normalized spacial score (nSPS) is 11.2. The molecule has 0 amide bonds. The highest BCUT2D eigenvalue weighted by molar-refractivity contribution is 5.93. The SMILES string of the molecule is O=C(O)c1nc(F)ccc1-c1ccc(OC(F)(F)F)cc1. The molecule has 0 saturated heterocycles. The van der Waals surface area contributed by atoms with Crippen LogP contribution in [-0.2, 0) is 0 Å². The summed E-state index contributed by atoms with van der Waals surface area (Å²) in [6.45, 7) is 0. The first kappa shape index (κ1) is 14.8. The fraction of sp³-hybridized carbons (Fsp3) is 0.0769. The Morgan fingerprint density at radius 1 is 1.10 bits per heavy atom. The highest BCUT2D eigenvalue weighted by Crippen LogP contribution is 2.28. The molecule has 1 aromatic heterocycles. The standard InChI is InChI=1S/C13H7F4NO3/c14-10-6-5-9(11(18-10)12(19)20)7-1-3-8(4-2-7)21-13(15,16)17/h1-6H,(H,19,20). The molecule has 2 rings (SSSR count). The number of hydrogen-bond acceptors (Lipinski definition) is 3. The van der Waals surface area contributed by atoms with Crippen molar-refractivity contribution in [1.82, 2.24) is 4.98 Å². The third kappa shape index (κ3) is 3.68. The van der Waals surface area contributed by atoms with Crippen LogP contribution in [0, 0.1) is 5.95 Å². The molecule has 0 atom stereocenters. The molecule has 0 bridgehead atoms. The van der Waals surface area contributed by atoms with Crippen molar-refractivity contribution >= 4 is 5.97 Å². The smallest absolute Gasteiger partial charge is 0.476 e. The number of halogens is 4. The first-order valence-electron chi connectivity index (χ1n) is 5.52. The second-order valence-electron chi connectivity index (χ2n) is 3.91. The predicted octanol–water partition coefficient (Wildman–Crippen LogP) is 3.48. The molecule has 1 aromatic carbocycles. The highest BCUT2D eigenvalue weighted by Gasteiger charge is 2.31. The number of alkyl halides is 3. The van der Waals surface area contributed by atoms with Crippen LogP contribution in [0.15, 0.2) is 36.4 Å². The van der Waals surface area contributed by atoms with Gasteiger partial charge in [-0.05, 0) is 29.8 Å². The average molecular weight is 301 g/mol. The molecule has 0 fully saturated rings. The van der Waals surface area contributed by atoms with Crippen LogP contribution in [0.2, 0.25) is 0 Å². The van der Waals surface area contributed by atoms with E-state index in [0.717, 1.165) is 18.2 Å². The van der Waals surface area contributed by atoms with Gasteiger partial charge in [0, 0.05) is 5.56 Å². The molecule has 0 spiro atoms. The van der Waals surface area contributed by atoms with Gasteiger partial charge in [0.15, 0.2) is 5.69 Å². The van der Waals surface area contributed by atoms with E-state index in [1.807, 2.05) is 0 Å². The van der Waals surface area contributed by atoms with E-state index in [2.05, 4.69) is 9.72 Å². The van der Waals surface area contributed by atoms with Gasteiger partial charge in [-0.2, -0.15) is 4.39 Å². The van der Waals surface area contributed by atoms with E-state index in [1.165, 1.54) is 18.2 Å². The molecular formula is C13H7F4NO3.